The van der Waals surface area contributed by atoms with Gasteiger partial charge in [0.2, 0.25) is 0 Å². The van der Waals surface area contributed by atoms with Crippen LogP contribution in [0.15, 0.2) is 22.8 Å². The molecule has 0 atom stereocenters. The molecule has 1 heterocycles. The smallest absolute Gasteiger partial charge is 0.121 e. The van der Waals surface area contributed by atoms with Crippen LogP contribution in [-0.4, -0.2) is 24.8 Å². The Hall–Kier alpha value is -1.09. The quantitative estimate of drug-likeness (QED) is 0.620. The van der Waals surface area contributed by atoms with Crippen molar-refractivity contribution >= 4 is 6.29 Å². The summed E-state index contributed by atoms with van der Waals surface area (Å²) in [7, 11) is 1.96. The molecule has 0 radical (unpaired) electrons. The fourth-order valence-corrected chi connectivity index (χ4v) is 1.02. The van der Waals surface area contributed by atoms with Crippen molar-refractivity contribution in [3.8, 4) is 0 Å². The van der Waals surface area contributed by atoms with Crippen LogP contribution >= 0.6 is 0 Å². The van der Waals surface area contributed by atoms with Crippen LogP contribution in [0.2, 0.25) is 0 Å². The van der Waals surface area contributed by atoms with Crippen molar-refractivity contribution in [2.24, 2.45) is 0 Å². The number of carbonyl (C=O) groups is 1. The standard InChI is InChI=1S/C9H13NO2/c1-10(5-3-6-11)8-9-4-2-7-12-9/h2,4,6-7H,3,5,8H2,1H3. The van der Waals surface area contributed by atoms with E-state index in [4.69, 9.17) is 4.42 Å². The van der Waals surface area contributed by atoms with Gasteiger partial charge in [-0.05, 0) is 19.2 Å². The van der Waals surface area contributed by atoms with E-state index in [1.54, 1.807) is 6.26 Å². The van der Waals surface area contributed by atoms with Gasteiger partial charge in [0.25, 0.3) is 0 Å². The van der Waals surface area contributed by atoms with E-state index in [9.17, 15) is 4.79 Å². The Morgan fingerprint density at radius 3 is 3.08 bits per heavy atom. The molecular weight excluding hydrogens is 154 g/mol. The van der Waals surface area contributed by atoms with Gasteiger partial charge in [0.15, 0.2) is 0 Å². The van der Waals surface area contributed by atoms with E-state index < -0.39 is 0 Å². The van der Waals surface area contributed by atoms with Crippen LogP contribution in [0.25, 0.3) is 0 Å². The van der Waals surface area contributed by atoms with Crippen molar-refractivity contribution < 1.29 is 9.21 Å². The highest BCUT2D eigenvalue weighted by atomic mass is 16.3. The molecule has 0 N–H and O–H groups in total. The normalized spacial score (nSPS) is 10.5. The first-order chi connectivity index (χ1) is 5.83. The second-order valence-corrected chi connectivity index (χ2v) is 2.77. The Balaban J connectivity index is 2.26. The highest BCUT2D eigenvalue weighted by Gasteiger charge is 2.00. The minimum atomic E-state index is 0.581. The van der Waals surface area contributed by atoms with Crippen molar-refractivity contribution in [2.45, 2.75) is 13.0 Å². The van der Waals surface area contributed by atoms with Gasteiger partial charge in [-0.2, -0.15) is 0 Å². The number of furan rings is 1. The first-order valence-corrected chi connectivity index (χ1v) is 3.97. The van der Waals surface area contributed by atoms with Gasteiger partial charge < -0.3 is 9.21 Å². The molecule has 0 aromatic carbocycles. The molecule has 0 aliphatic heterocycles. The van der Waals surface area contributed by atoms with Crippen LogP contribution in [0.1, 0.15) is 12.2 Å². The van der Waals surface area contributed by atoms with Crippen molar-refractivity contribution in [2.75, 3.05) is 13.6 Å². The SMILES string of the molecule is CN(CCC=O)Cc1ccco1. The molecule has 0 spiro atoms. The molecule has 1 rings (SSSR count). The lowest BCUT2D eigenvalue weighted by molar-refractivity contribution is -0.108. The van der Waals surface area contributed by atoms with Crippen molar-refractivity contribution in [3.05, 3.63) is 24.2 Å². The Bertz CT molecular complexity index is 218. The molecule has 0 aliphatic rings. The van der Waals surface area contributed by atoms with Crippen molar-refractivity contribution in [1.82, 2.24) is 4.90 Å². The lowest BCUT2D eigenvalue weighted by Crippen LogP contribution is -2.18. The van der Waals surface area contributed by atoms with E-state index in [1.165, 1.54) is 0 Å². The van der Waals surface area contributed by atoms with Gasteiger partial charge >= 0.3 is 0 Å². The molecule has 0 saturated heterocycles. The van der Waals surface area contributed by atoms with Gasteiger partial charge in [-0.3, -0.25) is 4.90 Å². The van der Waals surface area contributed by atoms with Gasteiger partial charge in [-0.25, -0.2) is 0 Å². The Labute approximate surface area is 72.0 Å². The molecule has 0 bridgehead atoms. The summed E-state index contributed by atoms with van der Waals surface area (Å²) in [5.74, 6) is 0.934. The number of aldehydes is 1. The maximum absolute atomic E-state index is 10.1. The number of hydrogen-bond donors (Lipinski definition) is 0. The van der Waals surface area contributed by atoms with Gasteiger partial charge in [0.1, 0.15) is 12.0 Å². The molecule has 12 heavy (non-hydrogen) atoms. The molecule has 3 heteroatoms. The lowest BCUT2D eigenvalue weighted by atomic mass is 10.4. The van der Waals surface area contributed by atoms with Crippen LogP contribution in [0.4, 0.5) is 0 Å². The first-order valence-electron chi connectivity index (χ1n) is 3.97. The van der Waals surface area contributed by atoms with Gasteiger partial charge in [0.05, 0.1) is 12.8 Å². The van der Waals surface area contributed by atoms with E-state index >= 15 is 0 Å². The van der Waals surface area contributed by atoms with Gasteiger partial charge in [-0.15, -0.1) is 0 Å². The predicted octanol–water partition coefficient (Wildman–Crippen LogP) is 1.30. The van der Waals surface area contributed by atoms with Gasteiger partial charge in [0, 0.05) is 13.0 Å². The minimum absolute atomic E-state index is 0.581. The summed E-state index contributed by atoms with van der Waals surface area (Å²) in [6, 6.07) is 3.79. The summed E-state index contributed by atoms with van der Waals surface area (Å²) in [6.45, 7) is 1.55. The zero-order chi connectivity index (χ0) is 8.81. The Morgan fingerprint density at radius 2 is 2.50 bits per heavy atom. The number of carbonyl (C=O) groups excluding carboxylic acids is 1. The van der Waals surface area contributed by atoms with E-state index in [2.05, 4.69) is 0 Å². The molecule has 0 saturated carbocycles. The summed E-state index contributed by atoms with van der Waals surface area (Å²) in [5, 5.41) is 0. The highest BCUT2D eigenvalue weighted by molar-refractivity contribution is 5.49. The molecule has 66 valence electrons. The number of hydrogen-bond acceptors (Lipinski definition) is 3. The molecule has 0 fully saturated rings. The molecule has 0 aliphatic carbocycles. The van der Waals surface area contributed by atoms with Crippen molar-refractivity contribution in [3.63, 3.8) is 0 Å². The summed E-state index contributed by atoms with van der Waals surface area (Å²) in [6.07, 6.45) is 3.17. The summed E-state index contributed by atoms with van der Waals surface area (Å²) in [5.41, 5.74) is 0. The van der Waals surface area contributed by atoms with E-state index in [0.29, 0.717) is 6.42 Å². The monoisotopic (exact) mass is 167 g/mol. The third-order valence-electron chi connectivity index (χ3n) is 1.63. The fourth-order valence-electron chi connectivity index (χ4n) is 1.02. The molecule has 1 aromatic rings. The Kier molecular flexibility index (Phi) is 3.54. The third kappa shape index (κ3) is 2.88. The zero-order valence-electron chi connectivity index (χ0n) is 7.19. The van der Waals surface area contributed by atoms with Crippen LogP contribution in [0.5, 0.6) is 0 Å². The predicted molar refractivity (Wildman–Crippen MR) is 45.7 cm³/mol. The second-order valence-electron chi connectivity index (χ2n) is 2.77. The maximum atomic E-state index is 10.1. The molecule has 3 nitrogen and oxygen atoms in total. The summed E-state index contributed by atoms with van der Waals surface area (Å²) < 4.78 is 5.15. The maximum Gasteiger partial charge on any atom is 0.121 e. The Morgan fingerprint density at radius 1 is 1.67 bits per heavy atom. The van der Waals surface area contributed by atoms with Crippen molar-refractivity contribution in [1.29, 1.82) is 0 Å². The zero-order valence-corrected chi connectivity index (χ0v) is 7.19. The molecule has 0 unspecified atom stereocenters. The van der Waals surface area contributed by atoms with E-state index in [1.807, 2.05) is 24.1 Å². The van der Waals surface area contributed by atoms with Crippen LogP contribution in [0, 0.1) is 0 Å². The lowest BCUT2D eigenvalue weighted by Gasteiger charge is -2.12. The summed E-state index contributed by atoms with van der Waals surface area (Å²) in [4.78, 5) is 12.1. The van der Waals surface area contributed by atoms with Crippen LogP contribution in [0.3, 0.4) is 0 Å². The number of rotatable bonds is 5. The largest absolute Gasteiger partial charge is 0.468 e. The summed E-state index contributed by atoms with van der Waals surface area (Å²) >= 11 is 0. The molecule has 1 aromatic heterocycles. The average molecular weight is 167 g/mol. The minimum Gasteiger partial charge on any atom is -0.468 e. The third-order valence-corrected chi connectivity index (χ3v) is 1.63. The topological polar surface area (TPSA) is 33.5 Å². The molecular formula is C9H13NO2. The second kappa shape index (κ2) is 4.72. The van der Waals surface area contributed by atoms with E-state index in [-0.39, 0.29) is 0 Å². The average Bonchev–Trinajstić information content (AvgIpc) is 2.53. The van der Waals surface area contributed by atoms with Crippen LogP contribution in [-0.2, 0) is 11.3 Å². The van der Waals surface area contributed by atoms with Crippen LogP contribution < -0.4 is 0 Å². The number of nitrogens with zero attached hydrogens (tertiary/aromatic N) is 1. The fraction of sp³-hybridized carbons (Fsp3) is 0.444. The van der Waals surface area contributed by atoms with E-state index in [0.717, 1.165) is 25.1 Å². The first kappa shape index (κ1) is 9.00. The van der Waals surface area contributed by atoms with Gasteiger partial charge in [-0.1, -0.05) is 0 Å². The highest BCUT2D eigenvalue weighted by Crippen LogP contribution is 2.03. The molecule has 0 amide bonds.